The number of hydrogen-bond donors (Lipinski definition) is 0. The molecule has 0 aliphatic rings. The minimum Gasteiger partial charge on any atom is -0.465 e. The maximum absolute atomic E-state index is 11.4. The summed E-state index contributed by atoms with van der Waals surface area (Å²) in [5.74, 6) is -0.554. The van der Waals surface area contributed by atoms with Gasteiger partial charge in [-0.15, -0.1) is 11.6 Å². The Labute approximate surface area is 97.2 Å². The Hall–Kier alpha value is -1.24. The lowest BCUT2D eigenvalue weighted by molar-refractivity contribution is 0.0600. The fourth-order valence-corrected chi connectivity index (χ4v) is 1.72. The van der Waals surface area contributed by atoms with Crippen LogP contribution in [-0.4, -0.2) is 13.1 Å². The van der Waals surface area contributed by atoms with Crippen LogP contribution < -0.4 is 0 Å². The molecule has 0 saturated carbocycles. The van der Waals surface area contributed by atoms with Gasteiger partial charge in [0, 0.05) is 11.4 Å². The summed E-state index contributed by atoms with van der Waals surface area (Å²) in [6, 6.07) is 4.94. The van der Waals surface area contributed by atoms with Crippen LogP contribution in [0.5, 0.6) is 0 Å². The lowest BCUT2D eigenvalue weighted by Crippen LogP contribution is -2.07. The van der Waals surface area contributed by atoms with Crippen LogP contribution in [0, 0.1) is 11.3 Å². The number of halogens is 2. The summed E-state index contributed by atoms with van der Waals surface area (Å²) < 4.78 is 4.57. The molecule has 0 unspecified atom stereocenters. The van der Waals surface area contributed by atoms with E-state index in [0.29, 0.717) is 11.1 Å². The Morgan fingerprint density at radius 1 is 1.60 bits per heavy atom. The number of ether oxygens (including phenoxy) is 1. The molecule has 78 valence electrons. The number of benzene rings is 1. The number of esters is 1. The van der Waals surface area contributed by atoms with Crippen molar-refractivity contribution in [2.75, 3.05) is 7.11 Å². The zero-order chi connectivity index (χ0) is 11.4. The van der Waals surface area contributed by atoms with E-state index < -0.39 is 5.97 Å². The van der Waals surface area contributed by atoms with Gasteiger partial charge in [0.05, 0.1) is 29.3 Å². The summed E-state index contributed by atoms with van der Waals surface area (Å²) >= 11 is 11.5. The van der Waals surface area contributed by atoms with Gasteiger partial charge in [-0.25, -0.2) is 4.79 Å². The highest BCUT2D eigenvalue weighted by Gasteiger charge is 2.18. The normalized spacial score (nSPS) is 9.47. The number of carbonyl (C=O) groups is 1. The van der Waals surface area contributed by atoms with Crippen LogP contribution in [0.15, 0.2) is 12.1 Å². The molecular weight excluding hydrogens is 237 g/mol. The summed E-state index contributed by atoms with van der Waals surface area (Å²) in [6.07, 6.45) is 0. The summed E-state index contributed by atoms with van der Waals surface area (Å²) in [7, 11) is 1.25. The highest BCUT2D eigenvalue weighted by atomic mass is 35.5. The first kappa shape index (κ1) is 11.8. The maximum Gasteiger partial charge on any atom is 0.339 e. The molecule has 0 N–H and O–H groups in total. The van der Waals surface area contributed by atoms with Crippen molar-refractivity contribution in [2.45, 2.75) is 5.88 Å². The Kier molecular flexibility index (Phi) is 3.96. The monoisotopic (exact) mass is 243 g/mol. The van der Waals surface area contributed by atoms with Crippen LogP contribution in [0.25, 0.3) is 0 Å². The van der Waals surface area contributed by atoms with Gasteiger partial charge in [-0.1, -0.05) is 11.6 Å². The van der Waals surface area contributed by atoms with Gasteiger partial charge in [-0.3, -0.25) is 0 Å². The summed E-state index contributed by atoms with van der Waals surface area (Å²) in [4.78, 5) is 11.4. The van der Waals surface area contributed by atoms with Gasteiger partial charge in [0.1, 0.15) is 0 Å². The second-order valence-corrected chi connectivity index (χ2v) is 3.36. The molecule has 0 aliphatic heterocycles. The number of nitrogens with zero attached hydrogens (tertiary/aromatic N) is 1. The van der Waals surface area contributed by atoms with Gasteiger partial charge in [0.2, 0.25) is 0 Å². The predicted molar refractivity (Wildman–Crippen MR) is 57.1 cm³/mol. The highest BCUT2D eigenvalue weighted by Crippen LogP contribution is 2.25. The van der Waals surface area contributed by atoms with Crippen LogP contribution in [0.2, 0.25) is 5.02 Å². The summed E-state index contributed by atoms with van der Waals surface area (Å²) in [6.45, 7) is 0. The molecule has 0 saturated heterocycles. The molecule has 0 spiro atoms. The summed E-state index contributed by atoms with van der Waals surface area (Å²) in [5.41, 5.74) is 0.890. The third-order valence-corrected chi connectivity index (χ3v) is 2.49. The van der Waals surface area contributed by atoms with Crippen molar-refractivity contribution in [3.63, 3.8) is 0 Å². The van der Waals surface area contributed by atoms with E-state index >= 15 is 0 Å². The molecule has 15 heavy (non-hydrogen) atoms. The lowest BCUT2D eigenvalue weighted by atomic mass is 10.0. The lowest BCUT2D eigenvalue weighted by Gasteiger charge is -2.08. The minimum absolute atomic E-state index is 0.0356. The molecule has 0 aliphatic carbocycles. The molecule has 0 bridgehead atoms. The van der Waals surface area contributed by atoms with Crippen LogP contribution in [0.4, 0.5) is 0 Å². The van der Waals surface area contributed by atoms with Crippen LogP contribution in [-0.2, 0) is 10.6 Å². The maximum atomic E-state index is 11.4. The van der Waals surface area contributed by atoms with Crippen molar-refractivity contribution in [2.24, 2.45) is 0 Å². The SMILES string of the molecule is COC(=O)c1c(Cl)ccc(C#N)c1CCl. The number of rotatable bonds is 2. The van der Waals surface area contributed by atoms with Gasteiger partial charge < -0.3 is 4.74 Å². The molecule has 1 aromatic rings. The van der Waals surface area contributed by atoms with E-state index in [0.717, 1.165) is 0 Å². The Morgan fingerprint density at radius 2 is 2.27 bits per heavy atom. The number of methoxy groups -OCH3 is 1. The first-order valence-corrected chi connectivity index (χ1v) is 4.92. The molecule has 0 radical (unpaired) electrons. The van der Waals surface area contributed by atoms with E-state index in [1.165, 1.54) is 19.2 Å². The molecule has 1 rings (SSSR count). The van der Waals surface area contributed by atoms with Gasteiger partial charge in [0.15, 0.2) is 0 Å². The Morgan fingerprint density at radius 3 is 2.73 bits per heavy atom. The van der Waals surface area contributed by atoms with Crippen molar-refractivity contribution >= 4 is 29.2 Å². The third-order valence-electron chi connectivity index (χ3n) is 1.91. The van der Waals surface area contributed by atoms with Gasteiger partial charge in [0.25, 0.3) is 0 Å². The first-order valence-electron chi connectivity index (χ1n) is 4.01. The van der Waals surface area contributed by atoms with E-state index in [9.17, 15) is 4.79 Å². The second-order valence-electron chi connectivity index (χ2n) is 2.69. The number of alkyl halides is 1. The predicted octanol–water partition coefficient (Wildman–Crippen LogP) is 2.74. The molecular formula is C10H7Cl2NO2. The standard InChI is InChI=1S/C10H7Cl2NO2/c1-15-10(14)9-7(4-11)6(5-13)2-3-8(9)12/h2-3H,4H2,1H3. The molecule has 5 heteroatoms. The van der Waals surface area contributed by atoms with Crippen molar-refractivity contribution in [1.82, 2.24) is 0 Å². The van der Waals surface area contributed by atoms with Crippen molar-refractivity contribution < 1.29 is 9.53 Å². The van der Waals surface area contributed by atoms with Gasteiger partial charge in [-0.2, -0.15) is 5.26 Å². The van der Waals surface area contributed by atoms with Crippen LogP contribution in [0.1, 0.15) is 21.5 Å². The van der Waals surface area contributed by atoms with Crippen LogP contribution >= 0.6 is 23.2 Å². The quantitative estimate of drug-likeness (QED) is 0.593. The largest absolute Gasteiger partial charge is 0.465 e. The van der Waals surface area contributed by atoms with Crippen LogP contribution in [0.3, 0.4) is 0 Å². The molecule has 0 atom stereocenters. The Balaban J connectivity index is 3.47. The zero-order valence-electron chi connectivity index (χ0n) is 7.88. The molecule has 0 fully saturated rings. The topological polar surface area (TPSA) is 50.1 Å². The average Bonchev–Trinajstić information content (AvgIpc) is 2.27. The molecule has 0 heterocycles. The number of nitriles is 1. The summed E-state index contributed by atoms with van der Waals surface area (Å²) in [5, 5.41) is 9.05. The fourth-order valence-electron chi connectivity index (χ4n) is 1.19. The molecule has 0 aromatic heterocycles. The molecule has 0 amide bonds. The third kappa shape index (κ3) is 2.23. The minimum atomic E-state index is -0.590. The smallest absolute Gasteiger partial charge is 0.339 e. The van der Waals surface area contributed by atoms with Crippen molar-refractivity contribution in [3.05, 3.63) is 33.8 Å². The van der Waals surface area contributed by atoms with Gasteiger partial charge >= 0.3 is 5.97 Å². The van der Waals surface area contributed by atoms with E-state index in [1.54, 1.807) is 0 Å². The zero-order valence-corrected chi connectivity index (χ0v) is 9.39. The fraction of sp³-hybridized carbons (Fsp3) is 0.200. The number of hydrogen-bond acceptors (Lipinski definition) is 3. The van der Waals surface area contributed by atoms with E-state index in [4.69, 9.17) is 28.5 Å². The average molecular weight is 244 g/mol. The molecule has 1 aromatic carbocycles. The molecule has 3 nitrogen and oxygen atoms in total. The van der Waals surface area contributed by atoms with Crippen molar-refractivity contribution in [3.8, 4) is 6.07 Å². The van der Waals surface area contributed by atoms with Gasteiger partial charge in [-0.05, 0) is 12.1 Å². The van der Waals surface area contributed by atoms with E-state index in [1.807, 2.05) is 6.07 Å². The van der Waals surface area contributed by atoms with E-state index in [-0.39, 0.29) is 16.5 Å². The first-order chi connectivity index (χ1) is 7.15. The highest BCUT2D eigenvalue weighted by molar-refractivity contribution is 6.34. The number of carbonyl (C=O) groups excluding carboxylic acids is 1. The van der Waals surface area contributed by atoms with Crippen molar-refractivity contribution in [1.29, 1.82) is 5.26 Å². The van der Waals surface area contributed by atoms with E-state index in [2.05, 4.69) is 4.74 Å². The Bertz CT molecular complexity index is 438. The second kappa shape index (κ2) is 5.01.